The fraction of sp³-hybridized carbons (Fsp3) is 0.0769. The van der Waals surface area contributed by atoms with E-state index in [1.807, 2.05) is 25.1 Å². The minimum atomic E-state index is 0.494. The average Bonchev–Trinajstić information content (AvgIpc) is 2.29. The second-order valence-electron chi connectivity index (χ2n) is 3.92. The van der Waals surface area contributed by atoms with Crippen LogP contribution in [0.4, 0.5) is 5.82 Å². The van der Waals surface area contributed by atoms with Gasteiger partial charge in [-0.15, -0.1) is 0 Å². The zero-order chi connectivity index (χ0) is 11.1. The molecule has 0 amide bonds. The number of anilines is 1. The van der Waals surface area contributed by atoms with E-state index < -0.39 is 0 Å². The van der Waals surface area contributed by atoms with Gasteiger partial charge in [0.25, 0.3) is 0 Å². The molecule has 3 rings (SSSR count). The lowest BCUT2D eigenvalue weighted by Gasteiger charge is -2.05. The number of nitrogens with two attached hydrogens (primary N) is 1. The van der Waals surface area contributed by atoms with Crippen LogP contribution >= 0.6 is 0 Å². The summed E-state index contributed by atoms with van der Waals surface area (Å²) in [6, 6.07) is 10.1. The molecule has 0 saturated heterocycles. The Labute approximate surface area is 92.9 Å². The smallest absolute Gasteiger partial charge is 0.150 e. The summed E-state index contributed by atoms with van der Waals surface area (Å²) in [5.74, 6) is 0.494. The highest BCUT2D eigenvalue weighted by atomic mass is 14.9. The largest absolute Gasteiger partial charge is 0.382 e. The van der Waals surface area contributed by atoms with Crippen molar-refractivity contribution in [2.45, 2.75) is 6.92 Å². The molecule has 0 aliphatic carbocycles. The second-order valence-corrected chi connectivity index (χ2v) is 3.92. The number of benzene rings is 1. The molecule has 78 valence electrons. The highest BCUT2D eigenvalue weighted by Gasteiger charge is 2.06. The fourth-order valence-corrected chi connectivity index (χ4v) is 1.97. The zero-order valence-corrected chi connectivity index (χ0v) is 8.94. The minimum absolute atomic E-state index is 0.494. The van der Waals surface area contributed by atoms with E-state index >= 15 is 0 Å². The van der Waals surface area contributed by atoms with Crippen LogP contribution in [-0.2, 0) is 0 Å². The van der Waals surface area contributed by atoms with Gasteiger partial charge in [0.1, 0.15) is 5.52 Å². The summed E-state index contributed by atoms with van der Waals surface area (Å²) in [5, 5.41) is 2.16. The predicted octanol–water partition coefficient (Wildman–Crippen LogP) is 2.67. The van der Waals surface area contributed by atoms with Crippen molar-refractivity contribution < 1.29 is 0 Å². The standard InChI is InChI=1S/C13H11N3/c1-8-4-5-9-10-3-2-6-15-12(10)13(14)16-11(9)7-8/h2-7H,1H3,(H2,14,16). The maximum absolute atomic E-state index is 5.90. The third kappa shape index (κ3) is 1.21. The summed E-state index contributed by atoms with van der Waals surface area (Å²) in [5.41, 5.74) is 8.79. The number of hydrogen-bond acceptors (Lipinski definition) is 3. The topological polar surface area (TPSA) is 51.8 Å². The van der Waals surface area contributed by atoms with Gasteiger partial charge in [-0.05, 0) is 24.6 Å². The molecule has 0 spiro atoms. The number of aryl methyl sites for hydroxylation is 1. The van der Waals surface area contributed by atoms with Gasteiger partial charge in [0.05, 0.1) is 5.52 Å². The molecular formula is C13H11N3. The van der Waals surface area contributed by atoms with Crippen LogP contribution in [0.25, 0.3) is 21.8 Å². The van der Waals surface area contributed by atoms with E-state index in [9.17, 15) is 0 Å². The lowest BCUT2D eigenvalue weighted by atomic mass is 10.1. The molecule has 0 bridgehead atoms. The first-order valence-corrected chi connectivity index (χ1v) is 5.16. The highest BCUT2D eigenvalue weighted by molar-refractivity contribution is 6.07. The molecule has 0 saturated carbocycles. The molecular weight excluding hydrogens is 198 g/mol. The van der Waals surface area contributed by atoms with Crippen molar-refractivity contribution in [1.82, 2.24) is 9.97 Å². The monoisotopic (exact) mass is 209 g/mol. The van der Waals surface area contributed by atoms with Gasteiger partial charge in [-0.25, -0.2) is 4.98 Å². The van der Waals surface area contributed by atoms with E-state index in [0.717, 1.165) is 21.8 Å². The first-order chi connectivity index (χ1) is 7.75. The third-order valence-electron chi connectivity index (χ3n) is 2.73. The van der Waals surface area contributed by atoms with Gasteiger partial charge in [-0.2, -0.15) is 0 Å². The lowest BCUT2D eigenvalue weighted by Crippen LogP contribution is -1.95. The van der Waals surface area contributed by atoms with Crippen molar-refractivity contribution in [3.05, 3.63) is 42.1 Å². The normalized spacial score (nSPS) is 11.1. The number of pyridine rings is 2. The van der Waals surface area contributed by atoms with Gasteiger partial charge in [0.2, 0.25) is 0 Å². The van der Waals surface area contributed by atoms with Crippen LogP contribution in [0.2, 0.25) is 0 Å². The summed E-state index contributed by atoms with van der Waals surface area (Å²) >= 11 is 0. The molecule has 2 aromatic heterocycles. The summed E-state index contributed by atoms with van der Waals surface area (Å²) < 4.78 is 0. The van der Waals surface area contributed by atoms with Gasteiger partial charge >= 0.3 is 0 Å². The number of rotatable bonds is 0. The van der Waals surface area contributed by atoms with Gasteiger partial charge in [-0.3, -0.25) is 4.98 Å². The Balaban J connectivity index is 2.59. The van der Waals surface area contributed by atoms with E-state index in [1.165, 1.54) is 5.56 Å². The van der Waals surface area contributed by atoms with Crippen molar-refractivity contribution in [3.8, 4) is 0 Å². The van der Waals surface area contributed by atoms with Crippen LogP contribution < -0.4 is 5.73 Å². The maximum atomic E-state index is 5.90. The second kappa shape index (κ2) is 3.17. The van der Waals surface area contributed by atoms with Crippen molar-refractivity contribution >= 4 is 27.6 Å². The number of hydrogen-bond donors (Lipinski definition) is 1. The van der Waals surface area contributed by atoms with Gasteiger partial charge in [-0.1, -0.05) is 18.2 Å². The quantitative estimate of drug-likeness (QED) is 0.579. The van der Waals surface area contributed by atoms with E-state index in [0.29, 0.717) is 5.82 Å². The molecule has 0 fully saturated rings. The van der Waals surface area contributed by atoms with Crippen molar-refractivity contribution in [2.24, 2.45) is 0 Å². The Kier molecular flexibility index (Phi) is 1.80. The first kappa shape index (κ1) is 9.09. The molecule has 2 heterocycles. The number of fused-ring (bicyclic) bond motifs is 3. The molecule has 0 aliphatic heterocycles. The maximum Gasteiger partial charge on any atom is 0.150 e. The van der Waals surface area contributed by atoms with E-state index in [4.69, 9.17) is 5.73 Å². The first-order valence-electron chi connectivity index (χ1n) is 5.16. The zero-order valence-electron chi connectivity index (χ0n) is 8.94. The number of nitrogens with zero attached hydrogens (tertiary/aromatic N) is 2. The minimum Gasteiger partial charge on any atom is -0.382 e. The SMILES string of the molecule is Cc1ccc2c(c1)nc(N)c1ncccc12. The fourth-order valence-electron chi connectivity index (χ4n) is 1.97. The molecule has 3 nitrogen and oxygen atoms in total. The summed E-state index contributed by atoms with van der Waals surface area (Å²) in [7, 11) is 0. The summed E-state index contributed by atoms with van der Waals surface area (Å²) in [6.07, 6.45) is 1.74. The van der Waals surface area contributed by atoms with Gasteiger partial charge in [0, 0.05) is 17.0 Å². The number of nitrogen functional groups attached to an aromatic ring is 1. The van der Waals surface area contributed by atoms with Crippen LogP contribution in [0.5, 0.6) is 0 Å². The van der Waals surface area contributed by atoms with Crippen LogP contribution in [0.1, 0.15) is 5.56 Å². The Morgan fingerprint density at radius 2 is 2.00 bits per heavy atom. The molecule has 0 radical (unpaired) electrons. The molecule has 0 aliphatic rings. The van der Waals surface area contributed by atoms with Crippen molar-refractivity contribution in [1.29, 1.82) is 0 Å². The summed E-state index contributed by atoms with van der Waals surface area (Å²) in [4.78, 5) is 8.65. The van der Waals surface area contributed by atoms with Crippen molar-refractivity contribution in [2.75, 3.05) is 5.73 Å². The van der Waals surface area contributed by atoms with Crippen LogP contribution in [-0.4, -0.2) is 9.97 Å². The molecule has 2 N–H and O–H groups in total. The predicted molar refractivity (Wildman–Crippen MR) is 66.2 cm³/mol. The summed E-state index contributed by atoms with van der Waals surface area (Å²) in [6.45, 7) is 2.05. The molecule has 0 atom stereocenters. The third-order valence-corrected chi connectivity index (χ3v) is 2.73. The Bertz CT molecular complexity index is 689. The van der Waals surface area contributed by atoms with Gasteiger partial charge in [0.15, 0.2) is 5.82 Å². The number of aromatic nitrogens is 2. The Hall–Kier alpha value is -2.16. The Morgan fingerprint density at radius 3 is 2.88 bits per heavy atom. The molecule has 3 aromatic rings. The van der Waals surface area contributed by atoms with Crippen LogP contribution in [0.3, 0.4) is 0 Å². The average molecular weight is 209 g/mol. The highest BCUT2D eigenvalue weighted by Crippen LogP contribution is 2.26. The van der Waals surface area contributed by atoms with E-state index in [1.54, 1.807) is 6.20 Å². The van der Waals surface area contributed by atoms with Crippen molar-refractivity contribution in [3.63, 3.8) is 0 Å². The Morgan fingerprint density at radius 1 is 1.12 bits per heavy atom. The van der Waals surface area contributed by atoms with E-state index in [2.05, 4.69) is 22.1 Å². The lowest BCUT2D eigenvalue weighted by molar-refractivity contribution is 1.35. The van der Waals surface area contributed by atoms with Crippen LogP contribution in [0, 0.1) is 6.92 Å². The van der Waals surface area contributed by atoms with Gasteiger partial charge < -0.3 is 5.73 Å². The molecule has 16 heavy (non-hydrogen) atoms. The molecule has 0 unspecified atom stereocenters. The molecule has 1 aromatic carbocycles. The van der Waals surface area contributed by atoms with Crippen LogP contribution in [0.15, 0.2) is 36.5 Å². The van der Waals surface area contributed by atoms with E-state index in [-0.39, 0.29) is 0 Å². The molecule has 3 heteroatoms.